The lowest BCUT2D eigenvalue weighted by Gasteiger charge is -2.06. The van der Waals surface area contributed by atoms with E-state index in [1.54, 1.807) is 0 Å². The second-order valence-electron chi connectivity index (χ2n) is 3.06. The molecule has 0 saturated carbocycles. The van der Waals surface area contributed by atoms with Crippen molar-refractivity contribution in [3.63, 3.8) is 0 Å². The summed E-state index contributed by atoms with van der Waals surface area (Å²) in [4.78, 5) is 0. The first-order chi connectivity index (χ1) is 6.96. The van der Waals surface area contributed by atoms with Crippen molar-refractivity contribution in [3.05, 3.63) is 17.2 Å². The van der Waals surface area contributed by atoms with E-state index in [4.69, 9.17) is 21.1 Å². The van der Waals surface area contributed by atoms with Gasteiger partial charge in [0.1, 0.15) is 0 Å². The van der Waals surface area contributed by atoms with Gasteiger partial charge in [0.05, 0.1) is 17.0 Å². The van der Waals surface area contributed by atoms with Crippen molar-refractivity contribution in [2.45, 2.75) is 0 Å². The van der Waals surface area contributed by atoms with Crippen LogP contribution in [0.1, 0.15) is 0 Å². The zero-order valence-electron chi connectivity index (χ0n) is 7.78. The van der Waals surface area contributed by atoms with E-state index >= 15 is 0 Å². The fourth-order valence-corrected chi connectivity index (χ4v) is 2.02. The van der Waals surface area contributed by atoms with Crippen LogP contribution in [0.5, 0.6) is 11.5 Å². The molecule has 0 aromatic heterocycles. The lowest BCUT2D eigenvalue weighted by atomic mass is 10.3. The van der Waals surface area contributed by atoms with Gasteiger partial charge in [0.2, 0.25) is 16.8 Å². The monoisotopic (exact) mass is 249 g/mol. The molecule has 0 spiro atoms. The van der Waals surface area contributed by atoms with Gasteiger partial charge in [0, 0.05) is 12.1 Å². The molecule has 0 aliphatic carbocycles. The number of anilines is 1. The number of rotatable bonds is 2. The molecule has 0 atom stereocenters. The molecule has 1 heterocycles. The highest BCUT2D eigenvalue weighted by Gasteiger charge is 2.17. The summed E-state index contributed by atoms with van der Waals surface area (Å²) in [6.07, 6.45) is 1.05. The average molecular weight is 250 g/mol. The molecule has 5 nitrogen and oxygen atoms in total. The molecule has 1 aromatic carbocycles. The molecule has 0 saturated heterocycles. The Hall–Kier alpha value is -1.14. The number of ether oxygens (including phenoxy) is 2. The molecule has 0 fully saturated rings. The first-order valence-electron chi connectivity index (χ1n) is 4.02. The number of benzene rings is 1. The molecule has 7 heteroatoms. The molecule has 1 N–H and O–H groups in total. The Labute approximate surface area is 92.0 Å². The number of fused-ring (bicyclic) bond motifs is 1. The van der Waals surface area contributed by atoms with Gasteiger partial charge >= 0.3 is 0 Å². The van der Waals surface area contributed by atoms with Crippen LogP contribution in [-0.4, -0.2) is 21.5 Å². The third-order valence-electron chi connectivity index (χ3n) is 1.76. The van der Waals surface area contributed by atoms with E-state index in [2.05, 4.69) is 4.72 Å². The SMILES string of the molecule is CS(=O)(=O)Nc1cc2c(cc1Cl)OCO2. The minimum atomic E-state index is -3.35. The second kappa shape index (κ2) is 3.46. The minimum Gasteiger partial charge on any atom is -0.454 e. The lowest BCUT2D eigenvalue weighted by molar-refractivity contribution is 0.174. The van der Waals surface area contributed by atoms with Gasteiger partial charge in [-0.2, -0.15) is 0 Å². The summed E-state index contributed by atoms with van der Waals surface area (Å²) in [7, 11) is -3.35. The number of hydrogen-bond donors (Lipinski definition) is 1. The molecule has 2 rings (SSSR count). The van der Waals surface area contributed by atoms with Crippen molar-refractivity contribution in [2.24, 2.45) is 0 Å². The summed E-state index contributed by atoms with van der Waals surface area (Å²) in [5.41, 5.74) is 0.281. The van der Waals surface area contributed by atoms with Gasteiger partial charge in [-0.15, -0.1) is 0 Å². The highest BCUT2D eigenvalue weighted by atomic mass is 35.5. The Balaban J connectivity index is 2.41. The fraction of sp³-hybridized carbons (Fsp3) is 0.250. The van der Waals surface area contributed by atoms with E-state index in [1.165, 1.54) is 12.1 Å². The Morgan fingerprint density at radius 2 is 1.93 bits per heavy atom. The maximum absolute atomic E-state index is 11.0. The Bertz CT molecular complexity index is 500. The summed E-state index contributed by atoms with van der Waals surface area (Å²) >= 11 is 5.85. The second-order valence-corrected chi connectivity index (χ2v) is 5.22. The summed E-state index contributed by atoms with van der Waals surface area (Å²) in [5, 5.41) is 0.268. The van der Waals surface area contributed by atoms with Crippen LogP contribution in [0.3, 0.4) is 0 Å². The Morgan fingerprint density at radius 1 is 1.33 bits per heavy atom. The van der Waals surface area contributed by atoms with E-state index < -0.39 is 10.0 Å². The van der Waals surface area contributed by atoms with Crippen LogP contribution in [0.15, 0.2) is 12.1 Å². The molecule has 1 aliphatic heterocycles. The highest BCUT2D eigenvalue weighted by molar-refractivity contribution is 7.92. The van der Waals surface area contributed by atoms with Gasteiger partial charge in [-0.3, -0.25) is 4.72 Å². The lowest BCUT2D eigenvalue weighted by Crippen LogP contribution is -2.09. The standard InChI is InChI=1S/C8H8ClNO4S/c1-15(11,12)10-6-3-8-7(2-5(6)9)13-4-14-8/h2-3,10H,4H2,1H3. The van der Waals surface area contributed by atoms with E-state index in [1.807, 2.05) is 0 Å². The van der Waals surface area contributed by atoms with E-state index in [-0.39, 0.29) is 17.5 Å². The van der Waals surface area contributed by atoms with Crippen LogP contribution >= 0.6 is 11.6 Å². The maximum Gasteiger partial charge on any atom is 0.231 e. The van der Waals surface area contributed by atoms with Gasteiger partial charge in [-0.05, 0) is 0 Å². The summed E-state index contributed by atoms with van der Waals surface area (Å²) in [6, 6.07) is 3.00. The first-order valence-corrected chi connectivity index (χ1v) is 6.29. The van der Waals surface area contributed by atoms with Crippen molar-refractivity contribution in [1.29, 1.82) is 0 Å². The molecule has 0 amide bonds. The third kappa shape index (κ3) is 2.27. The van der Waals surface area contributed by atoms with Crippen LogP contribution in [0.25, 0.3) is 0 Å². The van der Waals surface area contributed by atoms with E-state index in [0.717, 1.165) is 6.26 Å². The molecule has 82 valence electrons. The van der Waals surface area contributed by atoms with Crippen molar-refractivity contribution < 1.29 is 17.9 Å². The predicted octanol–water partition coefficient (Wildman–Crippen LogP) is 1.44. The van der Waals surface area contributed by atoms with Crippen molar-refractivity contribution in [2.75, 3.05) is 17.8 Å². The zero-order chi connectivity index (χ0) is 11.1. The van der Waals surface area contributed by atoms with Crippen LogP contribution in [-0.2, 0) is 10.0 Å². The van der Waals surface area contributed by atoms with Gasteiger partial charge < -0.3 is 9.47 Å². The molecule has 1 aromatic rings. The van der Waals surface area contributed by atoms with Crippen LogP contribution in [0.2, 0.25) is 5.02 Å². The average Bonchev–Trinajstić information content (AvgIpc) is 2.49. The first kappa shape index (κ1) is 10.4. The molecular weight excluding hydrogens is 242 g/mol. The predicted molar refractivity (Wildman–Crippen MR) is 56.0 cm³/mol. The topological polar surface area (TPSA) is 64.6 Å². The molecule has 0 bridgehead atoms. The Morgan fingerprint density at radius 3 is 2.53 bits per heavy atom. The summed E-state index contributed by atoms with van der Waals surface area (Å²) < 4.78 is 34.5. The summed E-state index contributed by atoms with van der Waals surface area (Å²) in [5.74, 6) is 0.990. The number of sulfonamides is 1. The largest absolute Gasteiger partial charge is 0.454 e. The minimum absolute atomic E-state index is 0.119. The summed E-state index contributed by atoms with van der Waals surface area (Å²) in [6.45, 7) is 0.119. The normalized spacial score (nSPS) is 14.0. The van der Waals surface area contributed by atoms with Crippen LogP contribution in [0, 0.1) is 0 Å². The highest BCUT2D eigenvalue weighted by Crippen LogP contribution is 2.39. The smallest absolute Gasteiger partial charge is 0.231 e. The maximum atomic E-state index is 11.0. The van der Waals surface area contributed by atoms with E-state index in [9.17, 15) is 8.42 Å². The quantitative estimate of drug-likeness (QED) is 0.861. The molecular formula is C8H8ClNO4S. The van der Waals surface area contributed by atoms with Gasteiger partial charge in [0.25, 0.3) is 0 Å². The van der Waals surface area contributed by atoms with Gasteiger partial charge in [-0.25, -0.2) is 8.42 Å². The molecule has 15 heavy (non-hydrogen) atoms. The molecule has 0 radical (unpaired) electrons. The van der Waals surface area contributed by atoms with Crippen LogP contribution in [0.4, 0.5) is 5.69 Å². The van der Waals surface area contributed by atoms with Gasteiger partial charge in [-0.1, -0.05) is 11.6 Å². The Kier molecular flexibility index (Phi) is 2.40. The number of hydrogen-bond acceptors (Lipinski definition) is 4. The van der Waals surface area contributed by atoms with E-state index in [0.29, 0.717) is 11.5 Å². The van der Waals surface area contributed by atoms with Crippen molar-refractivity contribution in [3.8, 4) is 11.5 Å². The number of nitrogens with one attached hydrogen (secondary N) is 1. The van der Waals surface area contributed by atoms with Crippen LogP contribution < -0.4 is 14.2 Å². The number of halogens is 1. The fourth-order valence-electron chi connectivity index (χ4n) is 1.20. The van der Waals surface area contributed by atoms with Crippen molar-refractivity contribution in [1.82, 2.24) is 0 Å². The van der Waals surface area contributed by atoms with Gasteiger partial charge in [0.15, 0.2) is 11.5 Å². The third-order valence-corrected chi connectivity index (χ3v) is 2.66. The molecule has 1 aliphatic rings. The molecule has 0 unspecified atom stereocenters. The zero-order valence-corrected chi connectivity index (χ0v) is 9.35. The van der Waals surface area contributed by atoms with Crippen molar-refractivity contribution >= 4 is 27.3 Å².